The van der Waals surface area contributed by atoms with Gasteiger partial charge in [-0.15, -0.1) is 0 Å². The van der Waals surface area contributed by atoms with Crippen LogP contribution in [0.1, 0.15) is 523 Å². The molecule has 678 valence electrons. The highest BCUT2D eigenvalue weighted by Gasteiger charge is 2.31. The Morgan fingerprint density at radius 1 is 0.237 bits per heavy atom. The Hall–Kier alpha value is -1.94. The maximum atomic E-state index is 13.2. The van der Waals surface area contributed by atoms with Gasteiger partial charge in [-0.25, -0.2) is 9.13 Å². The minimum absolute atomic E-state index is 0.108. The fourth-order valence-corrected chi connectivity index (χ4v) is 16.6. The minimum atomic E-state index is -4.97. The first-order valence-corrected chi connectivity index (χ1v) is 52.1. The molecule has 0 heterocycles. The van der Waals surface area contributed by atoms with Crippen molar-refractivity contribution >= 4 is 39.5 Å². The quantitative estimate of drug-likeness (QED) is 0.0222. The predicted octanol–water partition coefficient (Wildman–Crippen LogP) is 29.9. The molecule has 0 saturated heterocycles. The van der Waals surface area contributed by atoms with Gasteiger partial charge < -0.3 is 33.8 Å². The molecule has 5 atom stereocenters. The second kappa shape index (κ2) is 87.4. The summed E-state index contributed by atoms with van der Waals surface area (Å²) in [6, 6.07) is 0. The summed E-state index contributed by atoms with van der Waals surface area (Å²) >= 11 is 0. The molecule has 0 fully saturated rings. The molecule has 0 aliphatic rings. The summed E-state index contributed by atoms with van der Waals surface area (Å²) in [6.07, 6.45) is 85.4. The highest BCUT2D eigenvalue weighted by atomic mass is 31.2. The molecule has 3 N–H and O–H groups in total. The Bertz CT molecular complexity index is 2150. The largest absolute Gasteiger partial charge is 0.472 e. The summed E-state index contributed by atoms with van der Waals surface area (Å²) in [7, 11) is -9.94. The molecule has 19 heteroatoms. The summed E-state index contributed by atoms with van der Waals surface area (Å²) in [5, 5.41) is 10.7. The van der Waals surface area contributed by atoms with Gasteiger partial charge in [0.15, 0.2) is 12.2 Å². The molecule has 114 heavy (non-hydrogen) atoms. The third kappa shape index (κ3) is 87.9. The van der Waals surface area contributed by atoms with Crippen LogP contribution in [0, 0.1) is 5.92 Å². The number of rotatable bonds is 95. The molecular formula is C95H186O17P2. The van der Waals surface area contributed by atoms with Crippen molar-refractivity contribution in [2.45, 2.75) is 541 Å². The highest BCUT2D eigenvalue weighted by Crippen LogP contribution is 2.45. The molecule has 0 rings (SSSR count). The topological polar surface area (TPSA) is 237 Å². The lowest BCUT2D eigenvalue weighted by Gasteiger charge is -2.21. The van der Waals surface area contributed by atoms with E-state index in [-0.39, 0.29) is 25.7 Å². The van der Waals surface area contributed by atoms with Crippen molar-refractivity contribution in [3.8, 4) is 0 Å². The number of unbranched alkanes of at least 4 members (excludes halogenated alkanes) is 67. The monoisotopic (exact) mass is 1660 g/mol. The van der Waals surface area contributed by atoms with E-state index in [9.17, 15) is 43.2 Å². The van der Waals surface area contributed by atoms with Gasteiger partial charge in [0.05, 0.1) is 26.4 Å². The van der Waals surface area contributed by atoms with Gasteiger partial charge >= 0.3 is 39.5 Å². The Morgan fingerprint density at radius 2 is 0.404 bits per heavy atom. The third-order valence-electron chi connectivity index (χ3n) is 22.5. The Labute approximate surface area is 702 Å². The highest BCUT2D eigenvalue weighted by molar-refractivity contribution is 7.47. The van der Waals surface area contributed by atoms with E-state index >= 15 is 0 Å². The fraction of sp³-hybridized carbons (Fsp3) is 0.958. The standard InChI is InChI=1S/C95H186O17P2/c1-6-9-12-15-18-21-24-27-30-33-36-39-42-44-47-50-53-56-59-62-68-73-78-92(97)105-84-90(111-94(99)80-75-70-63-61-58-55-52-49-46-43-40-37-34-31-28-25-22-19-16-13-10-7-2)86-109-113(101,102)107-82-89(96)83-108-114(103,104)110-87-91(85-106-93(98)79-74-69-66-65-67-72-77-88(4)5)112-95(100)81-76-71-64-60-57-54-51-48-45-41-38-35-32-29-26-23-20-17-14-11-8-3/h88-91,96H,6-87H2,1-5H3,(H,101,102)(H,103,104)/t89-,90-,91-/m1/s1. The van der Waals surface area contributed by atoms with Gasteiger partial charge in [-0.05, 0) is 31.6 Å². The zero-order chi connectivity index (χ0) is 83.3. The van der Waals surface area contributed by atoms with E-state index in [1.54, 1.807) is 0 Å². The molecule has 0 radical (unpaired) electrons. The van der Waals surface area contributed by atoms with E-state index in [1.165, 1.54) is 340 Å². The van der Waals surface area contributed by atoms with E-state index in [4.69, 9.17) is 37.0 Å². The van der Waals surface area contributed by atoms with E-state index in [2.05, 4.69) is 34.6 Å². The smallest absolute Gasteiger partial charge is 0.462 e. The number of carbonyl (C=O) groups is 4. The maximum Gasteiger partial charge on any atom is 0.472 e. The number of esters is 4. The van der Waals surface area contributed by atoms with Gasteiger partial charge in [-0.3, -0.25) is 37.3 Å². The Morgan fingerprint density at radius 3 is 0.596 bits per heavy atom. The van der Waals surface area contributed by atoms with Crippen LogP contribution in [-0.2, 0) is 65.4 Å². The molecule has 0 aliphatic carbocycles. The van der Waals surface area contributed by atoms with E-state index in [0.717, 1.165) is 96.3 Å². The van der Waals surface area contributed by atoms with Gasteiger partial charge in [-0.1, -0.05) is 471 Å². The zero-order valence-corrected chi connectivity index (χ0v) is 77.0. The fourth-order valence-electron chi connectivity index (χ4n) is 15.1. The predicted molar refractivity (Wildman–Crippen MR) is 474 cm³/mol. The van der Waals surface area contributed by atoms with Gasteiger partial charge in [0.25, 0.3) is 0 Å². The van der Waals surface area contributed by atoms with Crippen LogP contribution in [-0.4, -0.2) is 96.7 Å². The zero-order valence-electron chi connectivity index (χ0n) is 75.2. The minimum Gasteiger partial charge on any atom is -0.462 e. The van der Waals surface area contributed by atoms with Crippen LogP contribution >= 0.6 is 15.6 Å². The lowest BCUT2D eigenvalue weighted by molar-refractivity contribution is -0.161. The molecule has 0 aliphatic heterocycles. The summed E-state index contributed by atoms with van der Waals surface area (Å²) < 4.78 is 69.1. The molecule has 0 amide bonds. The molecule has 2 unspecified atom stereocenters. The number of carbonyl (C=O) groups excluding carboxylic acids is 4. The number of hydrogen-bond acceptors (Lipinski definition) is 15. The normalized spacial score (nSPS) is 13.6. The molecule has 0 aromatic rings. The van der Waals surface area contributed by atoms with Crippen LogP contribution in [0.2, 0.25) is 0 Å². The second-order valence-electron chi connectivity index (χ2n) is 34.6. The average Bonchev–Trinajstić information content (AvgIpc) is 0.902. The third-order valence-corrected chi connectivity index (χ3v) is 24.4. The van der Waals surface area contributed by atoms with Crippen LogP contribution in [0.25, 0.3) is 0 Å². The molecule has 0 saturated carbocycles. The van der Waals surface area contributed by atoms with Gasteiger partial charge in [0.1, 0.15) is 19.3 Å². The number of aliphatic hydroxyl groups is 1. The SMILES string of the molecule is CCCCCCCCCCCCCCCCCCCCCCCCC(=O)OC[C@H](COP(=O)(O)OC[C@@H](O)COP(=O)(O)OC[C@@H](COC(=O)CCCCCCCCC(C)C)OC(=O)CCCCCCCCCCCCCCCCCCCCCCC)OC(=O)CCCCCCCCCCCCCCCCCCCCCCCC. The first-order valence-electron chi connectivity index (χ1n) is 49.1. The van der Waals surface area contributed by atoms with Gasteiger partial charge in [0, 0.05) is 25.7 Å². The summed E-state index contributed by atoms with van der Waals surface area (Å²) in [4.78, 5) is 73.4. The van der Waals surface area contributed by atoms with Crippen LogP contribution in [0.5, 0.6) is 0 Å². The van der Waals surface area contributed by atoms with Crippen molar-refractivity contribution in [2.24, 2.45) is 5.92 Å². The van der Waals surface area contributed by atoms with E-state index < -0.39 is 97.5 Å². The molecule has 0 spiro atoms. The number of ether oxygens (including phenoxy) is 4. The van der Waals surface area contributed by atoms with Crippen molar-refractivity contribution in [1.29, 1.82) is 0 Å². The summed E-state index contributed by atoms with van der Waals surface area (Å²) in [5.41, 5.74) is 0. The van der Waals surface area contributed by atoms with E-state index in [0.29, 0.717) is 31.6 Å². The Kier molecular flexibility index (Phi) is 85.9. The van der Waals surface area contributed by atoms with Crippen LogP contribution in [0.15, 0.2) is 0 Å². The first-order chi connectivity index (χ1) is 55.5. The molecule has 0 aromatic carbocycles. The Balaban J connectivity index is 5.17. The number of hydrogen-bond donors (Lipinski definition) is 3. The molecule has 0 aromatic heterocycles. The van der Waals surface area contributed by atoms with Crippen molar-refractivity contribution < 1.29 is 80.2 Å². The second-order valence-corrected chi connectivity index (χ2v) is 37.5. The van der Waals surface area contributed by atoms with Crippen molar-refractivity contribution in [2.75, 3.05) is 39.6 Å². The van der Waals surface area contributed by atoms with Crippen LogP contribution in [0.3, 0.4) is 0 Å². The number of phosphoric ester groups is 2. The van der Waals surface area contributed by atoms with Crippen molar-refractivity contribution in [3.05, 3.63) is 0 Å². The van der Waals surface area contributed by atoms with Crippen LogP contribution in [0.4, 0.5) is 0 Å². The lowest BCUT2D eigenvalue weighted by Crippen LogP contribution is -2.30. The van der Waals surface area contributed by atoms with E-state index in [1.807, 2.05) is 0 Å². The van der Waals surface area contributed by atoms with Gasteiger partial charge in [0.2, 0.25) is 0 Å². The van der Waals surface area contributed by atoms with Gasteiger partial charge in [-0.2, -0.15) is 0 Å². The number of aliphatic hydroxyl groups excluding tert-OH is 1. The van der Waals surface area contributed by atoms with Crippen molar-refractivity contribution in [3.63, 3.8) is 0 Å². The number of phosphoric acid groups is 2. The molecular weight excluding hydrogens is 1470 g/mol. The summed E-state index contributed by atoms with van der Waals surface area (Å²) in [6.45, 7) is 7.32. The van der Waals surface area contributed by atoms with Crippen LogP contribution < -0.4 is 0 Å². The molecule has 0 bridgehead atoms. The first kappa shape index (κ1) is 112. The van der Waals surface area contributed by atoms with Crippen molar-refractivity contribution in [1.82, 2.24) is 0 Å². The lowest BCUT2D eigenvalue weighted by atomic mass is 10.0. The maximum absolute atomic E-state index is 13.2. The average molecular weight is 1660 g/mol. The molecule has 17 nitrogen and oxygen atoms in total. The summed E-state index contributed by atoms with van der Waals surface area (Å²) in [5.74, 6) is -1.42.